The first kappa shape index (κ1) is 16.7. The Morgan fingerprint density at radius 2 is 1.71 bits per heavy atom. The quantitative estimate of drug-likeness (QED) is 0.869. The van der Waals surface area contributed by atoms with Gasteiger partial charge in [0.15, 0.2) is 0 Å². The highest BCUT2D eigenvalue weighted by atomic mass is 16.4. The smallest absolute Gasteiger partial charge is 0.335 e. The Bertz CT molecular complexity index is 715. The van der Waals surface area contributed by atoms with Gasteiger partial charge in [-0.15, -0.1) is 0 Å². The van der Waals surface area contributed by atoms with Gasteiger partial charge in [0.2, 0.25) is 0 Å². The van der Waals surface area contributed by atoms with E-state index in [4.69, 9.17) is 0 Å². The van der Waals surface area contributed by atoms with E-state index in [9.17, 15) is 9.90 Å². The fourth-order valence-electron chi connectivity index (χ4n) is 3.52. The normalized spacial score (nSPS) is 16.8. The zero-order valence-corrected chi connectivity index (χ0v) is 14.5. The van der Waals surface area contributed by atoms with Crippen molar-refractivity contribution in [2.45, 2.75) is 39.2 Å². The second-order valence-electron chi connectivity index (χ2n) is 6.73. The predicted molar refractivity (Wildman–Crippen MR) is 97.4 cm³/mol. The van der Waals surface area contributed by atoms with Gasteiger partial charge in [-0.1, -0.05) is 36.8 Å². The van der Waals surface area contributed by atoms with Gasteiger partial charge in [-0.25, -0.2) is 4.79 Å². The first-order chi connectivity index (χ1) is 11.6. The van der Waals surface area contributed by atoms with Crippen LogP contribution in [0.1, 0.15) is 53.7 Å². The molecule has 0 amide bonds. The van der Waals surface area contributed by atoms with Gasteiger partial charge in [0.1, 0.15) is 0 Å². The Kier molecular flexibility index (Phi) is 5.00. The maximum absolute atomic E-state index is 11.2. The maximum Gasteiger partial charge on any atom is 0.335 e. The van der Waals surface area contributed by atoms with Crippen LogP contribution in [0.3, 0.4) is 0 Å². The number of carboxylic acids is 1. The fraction of sp³-hybridized carbons (Fsp3) is 0.381. The zero-order valence-electron chi connectivity index (χ0n) is 14.5. The topological polar surface area (TPSA) is 40.5 Å². The molecule has 1 saturated heterocycles. The minimum atomic E-state index is -0.883. The van der Waals surface area contributed by atoms with E-state index in [1.54, 1.807) is 12.1 Å². The SMILES string of the molecule is Cc1ccc(C(=O)O)cc1-c1ccc([C@H](C)N2CCCCC2)cc1. The average molecular weight is 323 g/mol. The number of hydrogen-bond acceptors (Lipinski definition) is 2. The first-order valence-electron chi connectivity index (χ1n) is 8.74. The lowest BCUT2D eigenvalue weighted by Gasteiger charge is -2.32. The van der Waals surface area contributed by atoms with Crippen LogP contribution < -0.4 is 0 Å². The van der Waals surface area contributed by atoms with Gasteiger partial charge in [-0.05, 0) is 74.2 Å². The van der Waals surface area contributed by atoms with Crippen LogP contribution in [0.4, 0.5) is 0 Å². The van der Waals surface area contributed by atoms with Crippen LogP contribution >= 0.6 is 0 Å². The van der Waals surface area contributed by atoms with Gasteiger partial charge in [-0.3, -0.25) is 4.90 Å². The van der Waals surface area contributed by atoms with E-state index < -0.39 is 5.97 Å². The molecule has 0 aliphatic carbocycles. The third kappa shape index (κ3) is 3.51. The molecular formula is C21H25NO2. The van der Waals surface area contributed by atoms with Crippen LogP contribution in [0.5, 0.6) is 0 Å². The number of nitrogens with zero attached hydrogens (tertiary/aromatic N) is 1. The van der Waals surface area contributed by atoms with Crippen molar-refractivity contribution in [3.8, 4) is 11.1 Å². The molecule has 2 aromatic rings. The Balaban J connectivity index is 1.84. The predicted octanol–water partition coefficient (Wildman–Crippen LogP) is 4.91. The molecule has 24 heavy (non-hydrogen) atoms. The highest BCUT2D eigenvalue weighted by molar-refractivity contribution is 5.90. The maximum atomic E-state index is 11.2. The molecule has 1 aliphatic rings. The Morgan fingerprint density at radius 3 is 2.33 bits per heavy atom. The molecular weight excluding hydrogens is 298 g/mol. The lowest BCUT2D eigenvalue weighted by Crippen LogP contribution is -2.32. The summed E-state index contributed by atoms with van der Waals surface area (Å²) < 4.78 is 0. The summed E-state index contributed by atoms with van der Waals surface area (Å²) in [4.78, 5) is 13.8. The number of rotatable bonds is 4. The minimum Gasteiger partial charge on any atom is -0.478 e. The number of benzene rings is 2. The lowest BCUT2D eigenvalue weighted by molar-refractivity contribution is 0.0697. The first-order valence-corrected chi connectivity index (χ1v) is 8.74. The van der Waals surface area contributed by atoms with Crippen molar-refractivity contribution in [3.63, 3.8) is 0 Å². The van der Waals surface area contributed by atoms with E-state index in [0.29, 0.717) is 11.6 Å². The lowest BCUT2D eigenvalue weighted by atomic mass is 9.95. The third-order valence-corrected chi connectivity index (χ3v) is 5.13. The summed E-state index contributed by atoms with van der Waals surface area (Å²) in [6, 6.07) is 14.3. The number of carbonyl (C=O) groups is 1. The summed E-state index contributed by atoms with van der Waals surface area (Å²) in [5.41, 5.74) is 4.82. The van der Waals surface area contributed by atoms with Crippen LogP contribution in [0.2, 0.25) is 0 Å². The molecule has 1 aliphatic heterocycles. The molecule has 0 aromatic heterocycles. The molecule has 0 bridgehead atoms. The Hall–Kier alpha value is -2.13. The molecule has 1 atom stereocenters. The van der Waals surface area contributed by atoms with E-state index in [1.165, 1.54) is 37.9 Å². The van der Waals surface area contributed by atoms with Crippen LogP contribution in [-0.4, -0.2) is 29.1 Å². The Morgan fingerprint density at radius 1 is 1.04 bits per heavy atom. The molecule has 3 rings (SSSR count). The molecule has 0 radical (unpaired) electrons. The van der Waals surface area contributed by atoms with Crippen LogP contribution in [0, 0.1) is 6.92 Å². The fourth-order valence-corrected chi connectivity index (χ4v) is 3.52. The van der Waals surface area contributed by atoms with E-state index in [2.05, 4.69) is 36.1 Å². The van der Waals surface area contributed by atoms with Crippen LogP contribution in [0.15, 0.2) is 42.5 Å². The standard InChI is InChI=1S/C21H25NO2/c1-15-6-7-19(21(23)24)14-20(15)18-10-8-17(9-11-18)16(2)22-12-4-3-5-13-22/h6-11,14,16H,3-5,12-13H2,1-2H3,(H,23,24)/t16-/m0/s1. The van der Waals surface area contributed by atoms with Gasteiger partial charge in [0.05, 0.1) is 5.56 Å². The summed E-state index contributed by atoms with van der Waals surface area (Å²) in [6.07, 6.45) is 3.94. The molecule has 0 saturated carbocycles. The van der Waals surface area contributed by atoms with Crippen LogP contribution in [-0.2, 0) is 0 Å². The third-order valence-electron chi connectivity index (χ3n) is 5.13. The second-order valence-corrected chi connectivity index (χ2v) is 6.73. The number of carboxylic acid groups (broad SMARTS) is 1. The minimum absolute atomic E-state index is 0.335. The molecule has 0 unspecified atom stereocenters. The average Bonchev–Trinajstić information content (AvgIpc) is 2.62. The number of piperidine rings is 1. The highest BCUT2D eigenvalue weighted by Gasteiger charge is 2.18. The summed E-state index contributed by atoms with van der Waals surface area (Å²) in [7, 11) is 0. The van der Waals surface area contributed by atoms with Gasteiger partial charge in [-0.2, -0.15) is 0 Å². The van der Waals surface area contributed by atoms with Crippen molar-refractivity contribution >= 4 is 5.97 Å². The van der Waals surface area contributed by atoms with Crippen molar-refractivity contribution in [1.82, 2.24) is 4.90 Å². The number of likely N-dealkylation sites (tertiary alicyclic amines) is 1. The molecule has 3 nitrogen and oxygen atoms in total. The van der Waals surface area contributed by atoms with E-state index in [-0.39, 0.29) is 0 Å². The van der Waals surface area contributed by atoms with Gasteiger partial charge in [0.25, 0.3) is 0 Å². The van der Waals surface area contributed by atoms with Crippen molar-refractivity contribution in [3.05, 3.63) is 59.2 Å². The second kappa shape index (κ2) is 7.18. The summed E-state index contributed by atoms with van der Waals surface area (Å²) in [5.74, 6) is -0.883. The summed E-state index contributed by atoms with van der Waals surface area (Å²) in [5, 5.41) is 9.20. The molecule has 2 aromatic carbocycles. The molecule has 1 heterocycles. The van der Waals surface area contributed by atoms with E-state index >= 15 is 0 Å². The largest absolute Gasteiger partial charge is 0.478 e. The van der Waals surface area contributed by atoms with Crippen molar-refractivity contribution in [1.29, 1.82) is 0 Å². The monoisotopic (exact) mass is 323 g/mol. The van der Waals surface area contributed by atoms with Gasteiger partial charge < -0.3 is 5.11 Å². The van der Waals surface area contributed by atoms with Crippen molar-refractivity contribution in [2.75, 3.05) is 13.1 Å². The summed E-state index contributed by atoms with van der Waals surface area (Å²) in [6.45, 7) is 6.66. The molecule has 0 spiro atoms. The van der Waals surface area contributed by atoms with Crippen molar-refractivity contribution < 1.29 is 9.90 Å². The molecule has 3 heteroatoms. The zero-order chi connectivity index (χ0) is 17.1. The number of aromatic carboxylic acids is 1. The summed E-state index contributed by atoms with van der Waals surface area (Å²) >= 11 is 0. The van der Waals surface area contributed by atoms with Gasteiger partial charge >= 0.3 is 5.97 Å². The molecule has 1 fully saturated rings. The van der Waals surface area contributed by atoms with Gasteiger partial charge in [0, 0.05) is 6.04 Å². The molecule has 1 N–H and O–H groups in total. The van der Waals surface area contributed by atoms with Crippen molar-refractivity contribution in [2.24, 2.45) is 0 Å². The molecule has 126 valence electrons. The highest BCUT2D eigenvalue weighted by Crippen LogP contribution is 2.29. The number of aryl methyl sites for hydroxylation is 1. The van der Waals surface area contributed by atoms with E-state index in [0.717, 1.165) is 16.7 Å². The van der Waals surface area contributed by atoms with Crippen LogP contribution in [0.25, 0.3) is 11.1 Å². The number of hydrogen-bond donors (Lipinski definition) is 1. The Labute approximate surface area is 143 Å². The van der Waals surface area contributed by atoms with E-state index in [1.807, 2.05) is 13.0 Å².